The van der Waals surface area contributed by atoms with Crippen molar-refractivity contribution in [1.82, 2.24) is 15.5 Å². The molecule has 150 valence electrons. The van der Waals surface area contributed by atoms with Gasteiger partial charge in [0.25, 0.3) is 5.91 Å². The van der Waals surface area contributed by atoms with E-state index in [9.17, 15) is 18.8 Å². The number of hydrogen-bond acceptors (Lipinski definition) is 3. The lowest BCUT2D eigenvalue weighted by atomic mass is 9.89. The summed E-state index contributed by atoms with van der Waals surface area (Å²) in [4.78, 5) is 38.6. The Morgan fingerprint density at radius 1 is 1.14 bits per heavy atom. The molecule has 1 fully saturated rings. The summed E-state index contributed by atoms with van der Waals surface area (Å²) in [5.74, 6) is -1.27. The topological polar surface area (TPSA) is 78.5 Å². The number of urea groups is 1. The maximum Gasteiger partial charge on any atom is 0.325 e. The molecule has 4 rings (SSSR count). The van der Waals surface area contributed by atoms with E-state index in [0.29, 0.717) is 0 Å². The Hall–Kier alpha value is -3.22. The van der Waals surface area contributed by atoms with Gasteiger partial charge >= 0.3 is 6.03 Å². The van der Waals surface area contributed by atoms with Crippen LogP contribution in [0.4, 0.5) is 9.18 Å². The van der Waals surface area contributed by atoms with Gasteiger partial charge in [-0.1, -0.05) is 30.3 Å². The van der Waals surface area contributed by atoms with Crippen LogP contribution in [0.1, 0.15) is 35.6 Å². The van der Waals surface area contributed by atoms with E-state index in [-0.39, 0.29) is 18.9 Å². The zero-order valence-corrected chi connectivity index (χ0v) is 16.1. The monoisotopic (exact) mass is 395 g/mol. The fourth-order valence-corrected chi connectivity index (χ4v) is 3.92. The lowest BCUT2D eigenvalue weighted by Crippen LogP contribution is -2.43. The number of carbonyl (C=O) groups excluding carboxylic acids is 3. The van der Waals surface area contributed by atoms with Crippen LogP contribution in [0.3, 0.4) is 0 Å². The molecule has 0 aromatic heterocycles. The molecule has 2 aromatic carbocycles. The highest BCUT2D eigenvalue weighted by molar-refractivity contribution is 6.09. The van der Waals surface area contributed by atoms with Crippen molar-refractivity contribution < 1.29 is 18.8 Å². The Kier molecular flexibility index (Phi) is 4.82. The second kappa shape index (κ2) is 7.31. The van der Waals surface area contributed by atoms with Crippen LogP contribution < -0.4 is 10.6 Å². The number of nitrogens with one attached hydrogen (secondary N) is 2. The van der Waals surface area contributed by atoms with Gasteiger partial charge in [0.2, 0.25) is 5.91 Å². The lowest BCUT2D eigenvalue weighted by Gasteiger charge is -2.23. The van der Waals surface area contributed by atoms with Crippen molar-refractivity contribution in [2.75, 3.05) is 6.54 Å². The molecule has 0 unspecified atom stereocenters. The third-order valence-corrected chi connectivity index (χ3v) is 5.66. The quantitative estimate of drug-likeness (QED) is 0.763. The van der Waals surface area contributed by atoms with Crippen molar-refractivity contribution in [3.63, 3.8) is 0 Å². The third-order valence-electron chi connectivity index (χ3n) is 5.66. The number of halogens is 1. The first-order chi connectivity index (χ1) is 13.9. The van der Waals surface area contributed by atoms with Crippen molar-refractivity contribution in [3.8, 4) is 0 Å². The zero-order chi connectivity index (χ0) is 20.6. The molecule has 2 N–H and O–H groups in total. The van der Waals surface area contributed by atoms with E-state index < -0.39 is 23.4 Å². The summed E-state index contributed by atoms with van der Waals surface area (Å²) in [6.45, 7) is 1.48. The van der Waals surface area contributed by atoms with E-state index in [1.54, 1.807) is 19.1 Å². The standard InChI is InChI=1S/C22H22FN3O3/c1-22(17-8-7-15-3-2-4-16(15)11-17)20(28)26(21(29)25-22)13-19(27)24-12-14-5-9-18(23)10-6-14/h5-11H,2-4,12-13H2,1H3,(H,24,27)(H,25,29)/t22-/m0/s1. The van der Waals surface area contributed by atoms with Crippen molar-refractivity contribution in [1.29, 1.82) is 0 Å². The van der Waals surface area contributed by atoms with Crippen LogP contribution in [-0.2, 0) is 34.5 Å². The zero-order valence-electron chi connectivity index (χ0n) is 16.1. The highest BCUT2D eigenvalue weighted by atomic mass is 19.1. The molecule has 1 aliphatic heterocycles. The van der Waals surface area contributed by atoms with Gasteiger partial charge in [0.05, 0.1) is 0 Å². The first kappa shape index (κ1) is 19.1. The number of nitrogens with zero attached hydrogens (tertiary/aromatic N) is 1. The highest BCUT2D eigenvalue weighted by Gasteiger charge is 2.49. The molecule has 1 heterocycles. The number of hydrogen-bond donors (Lipinski definition) is 2. The Labute approximate surface area is 168 Å². The molecule has 0 bridgehead atoms. The van der Waals surface area contributed by atoms with Crippen LogP contribution in [0.15, 0.2) is 42.5 Å². The summed E-state index contributed by atoms with van der Waals surface area (Å²) in [5, 5.41) is 5.39. The second-order valence-corrected chi connectivity index (χ2v) is 7.69. The fourth-order valence-electron chi connectivity index (χ4n) is 3.92. The third kappa shape index (κ3) is 3.60. The lowest BCUT2D eigenvalue weighted by molar-refractivity contribution is -0.134. The number of rotatable bonds is 5. The normalized spacial score (nSPS) is 20.6. The molecule has 1 atom stereocenters. The van der Waals surface area contributed by atoms with E-state index in [2.05, 4.69) is 10.6 Å². The largest absolute Gasteiger partial charge is 0.350 e. The van der Waals surface area contributed by atoms with Crippen molar-refractivity contribution in [2.24, 2.45) is 0 Å². The minimum Gasteiger partial charge on any atom is -0.350 e. The summed E-state index contributed by atoms with van der Waals surface area (Å²) < 4.78 is 13.0. The molecule has 6 nitrogen and oxygen atoms in total. The van der Waals surface area contributed by atoms with Gasteiger partial charge in [0.1, 0.15) is 17.9 Å². The minimum atomic E-state index is -1.19. The summed E-state index contributed by atoms with van der Waals surface area (Å²) >= 11 is 0. The predicted octanol–water partition coefficient (Wildman–Crippen LogP) is 2.40. The molecule has 2 aliphatic rings. The number of benzene rings is 2. The molecular weight excluding hydrogens is 373 g/mol. The van der Waals surface area contributed by atoms with Crippen molar-refractivity contribution in [3.05, 3.63) is 70.5 Å². The molecule has 7 heteroatoms. The summed E-state index contributed by atoms with van der Waals surface area (Å²) in [5.41, 5.74) is 2.75. The summed E-state index contributed by atoms with van der Waals surface area (Å²) in [6, 6.07) is 11.0. The molecule has 4 amide bonds. The summed E-state index contributed by atoms with van der Waals surface area (Å²) in [6.07, 6.45) is 3.10. The van der Waals surface area contributed by atoms with E-state index >= 15 is 0 Å². The summed E-state index contributed by atoms with van der Waals surface area (Å²) in [7, 11) is 0. The number of imide groups is 1. The molecule has 1 aliphatic carbocycles. The van der Waals surface area contributed by atoms with Gasteiger partial charge in [-0.15, -0.1) is 0 Å². The van der Waals surface area contributed by atoms with Crippen LogP contribution in [0.25, 0.3) is 0 Å². The van der Waals surface area contributed by atoms with Crippen LogP contribution in [0, 0.1) is 5.82 Å². The Morgan fingerprint density at radius 3 is 2.62 bits per heavy atom. The second-order valence-electron chi connectivity index (χ2n) is 7.69. The number of fused-ring (bicyclic) bond motifs is 1. The van der Waals surface area contributed by atoms with Gasteiger partial charge in [0.15, 0.2) is 0 Å². The van der Waals surface area contributed by atoms with Crippen molar-refractivity contribution >= 4 is 17.8 Å². The van der Waals surface area contributed by atoms with Crippen LogP contribution in [0.2, 0.25) is 0 Å². The van der Waals surface area contributed by atoms with Gasteiger partial charge < -0.3 is 10.6 Å². The fraction of sp³-hybridized carbons (Fsp3) is 0.318. The van der Waals surface area contributed by atoms with Crippen LogP contribution >= 0.6 is 0 Å². The highest BCUT2D eigenvalue weighted by Crippen LogP contribution is 2.32. The Morgan fingerprint density at radius 2 is 1.86 bits per heavy atom. The molecule has 0 spiro atoms. The van der Waals surface area contributed by atoms with Crippen LogP contribution in [0.5, 0.6) is 0 Å². The predicted molar refractivity (Wildman–Crippen MR) is 104 cm³/mol. The molecule has 0 radical (unpaired) electrons. The van der Waals surface area contributed by atoms with E-state index in [1.165, 1.54) is 23.3 Å². The van der Waals surface area contributed by atoms with Gasteiger partial charge in [-0.2, -0.15) is 0 Å². The average Bonchev–Trinajstić information content (AvgIpc) is 3.26. The molecule has 2 aromatic rings. The van der Waals surface area contributed by atoms with Gasteiger partial charge in [0, 0.05) is 6.54 Å². The van der Waals surface area contributed by atoms with Gasteiger partial charge in [-0.05, 0) is 60.6 Å². The number of carbonyl (C=O) groups is 3. The molecule has 0 saturated carbocycles. The number of aryl methyl sites for hydroxylation is 2. The Bertz CT molecular complexity index is 989. The SMILES string of the molecule is C[C@@]1(c2ccc3c(c2)CCC3)NC(=O)N(CC(=O)NCc2ccc(F)cc2)C1=O. The Balaban J connectivity index is 1.43. The van der Waals surface area contributed by atoms with Gasteiger partial charge in [-0.3, -0.25) is 14.5 Å². The average molecular weight is 395 g/mol. The molecule has 1 saturated heterocycles. The number of amides is 4. The van der Waals surface area contributed by atoms with Gasteiger partial charge in [-0.25, -0.2) is 9.18 Å². The van der Waals surface area contributed by atoms with E-state index in [4.69, 9.17) is 0 Å². The minimum absolute atomic E-state index is 0.185. The maximum absolute atomic E-state index is 13.0. The maximum atomic E-state index is 13.0. The molecular formula is C22H22FN3O3. The van der Waals surface area contributed by atoms with E-state index in [1.807, 2.05) is 18.2 Å². The smallest absolute Gasteiger partial charge is 0.325 e. The molecule has 29 heavy (non-hydrogen) atoms. The first-order valence-corrected chi connectivity index (χ1v) is 9.64. The van der Waals surface area contributed by atoms with Crippen molar-refractivity contribution in [2.45, 2.75) is 38.3 Å². The first-order valence-electron chi connectivity index (χ1n) is 9.64. The van der Waals surface area contributed by atoms with E-state index in [0.717, 1.165) is 35.3 Å². The van der Waals surface area contributed by atoms with Crippen LogP contribution in [-0.4, -0.2) is 29.3 Å².